The standard InChI is InChI=1S/C21H23F2N3O2/c1-12-8-15(5-7-28-12)26-19-16-9-13(20(22)23)2-3-17(16)24-10-18(19)25-21(26)14-4-6-27-11-14/h2-3,9-10,12,14-15,20H,4-8,11H2,1H3/t12-,14+,15-/m1/s1. The Morgan fingerprint density at radius 3 is 2.82 bits per heavy atom. The molecule has 2 aliphatic heterocycles. The minimum atomic E-state index is -2.51. The van der Waals surface area contributed by atoms with Gasteiger partial charge < -0.3 is 14.0 Å². The molecule has 2 aromatic heterocycles. The zero-order valence-corrected chi connectivity index (χ0v) is 15.8. The highest BCUT2D eigenvalue weighted by Gasteiger charge is 2.31. The highest BCUT2D eigenvalue weighted by atomic mass is 19.3. The van der Waals surface area contributed by atoms with Crippen molar-refractivity contribution in [2.24, 2.45) is 0 Å². The molecule has 0 aliphatic carbocycles. The van der Waals surface area contributed by atoms with Gasteiger partial charge in [0.25, 0.3) is 6.43 Å². The molecular formula is C21H23F2N3O2. The summed E-state index contributed by atoms with van der Waals surface area (Å²) in [6.45, 7) is 4.15. The molecule has 7 heteroatoms. The fourth-order valence-electron chi connectivity index (χ4n) is 4.55. The van der Waals surface area contributed by atoms with Gasteiger partial charge >= 0.3 is 0 Å². The summed E-state index contributed by atoms with van der Waals surface area (Å²) >= 11 is 0. The van der Waals surface area contributed by atoms with Crippen LogP contribution in [0.4, 0.5) is 8.78 Å². The lowest BCUT2D eigenvalue weighted by Gasteiger charge is -2.31. The molecular weight excluding hydrogens is 364 g/mol. The first-order chi connectivity index (χ1) is 13.6. The van der Waals surface area contributed by atoms with E-state index in [0.29, 0.717) is 18.7 Å². The zero-order chi connectivity index (χ0) is 19.3. The quantitative estimate of drug-likeness (QED) is 0.650. The van der Waals surface area contributed by atoms with Gasteiger partial charge in [0.05, 0.1) is 29.9 Å². The van der Waals surface area contributed by atoms with Gasteiger partial charge in [-0.05, 0) is 38.3 Å². The molecule has 0 unspecified atom stereocenters. The summed E-state index contributed by atoms with van der Waals surface area (Å²) in [5.41, 5.74) is 2.40. The highest BCUT2D eigenvalue weighted by Crippen LogP contribution is 2.38. The Balaban J connectivity index is 1.78. The fourth-order valence-corrected chi connectivity index (χ4v) is 4.55. The van der Waals surface area contributed by atoms with Crippen LogP contribution in [0.2, 0.25) is 0 Å². The smallest absolute Gasteiger partial charge is 0.263 e. The maximum Gasteiger partial charge on any atom is 0.263 e. The normalized spacial score (nSPS) is 25.9. The number of benzene rings is 1. The van der Waals surface area contributed by atoms with E-state index in [1.54, 1.807) is 18.3 Å². The van der Waals surface area contributed by atoms with Gasteiger partial charge in [-0.1, -0.05) is 6.07 Å². The zero-order valence-electron chi connectivity index (χ0n) is 15.8. The van der Waals surface area contributed by atoms with E-state index in [0.717, 1.165) is 48.1 Å². The van der Waals surface area contributed by atoms with Gasteiger partial charge in [-0.25, -0.2) is 13.8 Å². The second-order valence-corrected chi connectivity index (χ2v) is 7.83. The Morgan fingerprint density at radius 1 is 1.18 bits per heavy atom. The summed E-state index contributed by atoms with van der Waals surface area (Å²) in [5.74, 6) is 1.21. The van der Waals surface area contributed by atoms with Gasteiger partial charge in [-0.3, -0.25) is 4.98 Å². The molecule has 5 nitrogen and oxygen atoms in total. The first kappa shape index (κ1) is 17.9. The average Bonchev–Trinajstić information content (AvgIpc) is 3.35. The van der Waals surface area contributed by atoms with Gasteiger partial charge in [0.1, 0.15) is 11.3 Å². The van der Waals surface area contributed by atoms with Crippen LogP contribution in [0, 0.1) is 0 Å². The van der Waals surface area contributed by atoms with Crippen molar-refractivity contribution in [3.05, 3.63) is 35.8 Å². The van der Waals surface area contributed by atoms with Crippen molar-refractivity contribution in [3.8, 4) is 0 Å². The molecule has 3 aromatic rings. The third kappa shape index (κ3) is 2.97. The van der Waals surface area contributed by atoms with Crippen LogP contribution in [0.1, 0.15) is 56.0 Å². The Kier molecular flexibility index (Phi) is 4.51. The van der Waals surface area contributed by atoms with Crippen molar-refractivity contribution in [1.82, 2.24) is 14.5 Å². The summed E-state index contributed by atoms with van der Waals surface area (Å²) in [6.07, 6.45) is 2.10. The molecule has 3 atom stereocenters. The van der Waals surface area contributed by atoms with E-state index in [9.17, 15) is 8.78 Å². The Hall–Kier alpha value is -2.12. The van der Waals surface area contributed by atoms with Gasteiger partial charge in [0.2, 0.25) is 0 Å². The monoisotopic (exact) mass is 387 g/mol. The maximum absolute atomic E-state index is 13.4. The van der Waals surface area contributed by atoms with Crippen LogP contribution in [-0.4, -0.2) is 40.5 Å². The number of fused-ring (bicyclic) bond motifs is 3. The molecule has 0 saturated carbocycles. The summed E-state index contributed by atoms with van der Waals surface area (Å²) in [7, 11) is 0. The van der Waals surface area contributed by atoms with Crippen LogP contribution in [0.15, 0.2) is 24.4 Å². The Bertz CT molecular complexity index is 1010. The molecule has 5 rings (SSSR count). The lowest BCUT2D eigenvalue weighted by atomic mass is 10.0. The molecule has 0 bridgehead atoms. The maximum atomic E-state index is 13.4. The van der Waals surface area contributed by atoms with Crippen molar-refractivity contribution in [3.63, 3.8) is 0 Å². The lowest BCUT2D eigenvalue weighted by Crippen LogP contribution is -2.27. The number of ether oxygens (including phenoxy) is 2. The Morgan fingerprint density at radius 2 is 2.07 bits per heavy atom. The van der Waals surface area contributed by atoms with Crippen molar-refractivity contribution in [2.45, 2.75) is 50.7 Å². The van der Waals surface area contributed by atoms with E-state index in [-0.39, 0.29) is 23.6 Å². The van der Waals surface area contributed by atoms with Crippen LogP contribution in [0.3, 0.4) is 0 Å². The SMILES string of the molecule is C[C@@H]1C[C@H](n2c([C@H]3CCOC3)nc3cnc4ccc(C(F)F)cc4c32)CCO1. The first-order valence-corrected chi connectivity index (χ1v) is 9.90. The summed E-state index contributed by atoms with van der Waals surface area (Å²) in [5, 5.41) is 0.743. The molecule has 4 heterocycles. The number of imidazole rings is 1. The van der Waals surface area contributed by atoms with Crippen LogP contribution in [0.25, 0.3) is 21.9 Å². The second-order valence-electron chi connectivity index (χ2n) is 7.83. The van der Waals surface area contributed by atoms with Gasteiger partial charge in [-0.15, -0.1) is 0 Å². The number of halogens is 2. The lowest BCUT2D eigenvalue weighted by molar-refractivity contribution is 0.00604. The van der Waals surface area contributed by atoms with Crippen molar-refractivity contribution in [2.75, 3.05) is 19.8 Å². The van der Waals surface area contributed by atoms with Crippen LogP contribution in [0.5, 0.6) is 0 Å². The topological polar surface area (TPSA) is 49.2 Å². The van der Waals surface area contributed by atoms with Crippen molar-refractivity contribution < 1.29 is 18.3 Å². The molecule has 2 aliphatic rings. The number of nitrogens with zero attached hydrogens (tertiary/aromatic N) is 3. The molecule has 28 heavy (non-hydrogen) atoms. The largest absolute Gasteiger partial charge is 0.381 e. The van der Waals surface area contributed by atoms with E-state index < -0.39 is 6.43 Å². The predicted molar refractivity (Wildman–Crippen MR) is 102 cm³/mol. The number of alkyl halides is 2. The van der Waals surface area contributed by atoms with Crippen LogP contribution >= 0.6 is 0 Å². The molecule has 0 N–H and O–H groups in total. The number of pyridine rings is 1. The number of hydrogen-bond acceptors (Lipinski definition) is 4. The minimum absolute atomic E-state index is 0.0145. The minimum Gasteiger partial charge on any atom is -0.381 e. The highest BCUT2D eigenvalue weighted by molar-refractivity contribution is 6.02. The molecule has 2 saturated heterocycles. The molecule has 0 amide bonds. The number of aromatic nitrogens is 3. The van der Waals surface area contributed by atoms with Crippen molar-refractivity contribution in [1.29, 1.82) is 0 Å². The number of rotatable bonds is 3. The van der Waals surface area contributed by atoms with E-state index in [1.807, 2.05) is 0 Å². The summed E-state index contributed by atoms with van der Waals surface area (Å²) in [6, 6.07) is 4.93. The molecule has 2 fully saturated rings. The second kappa shape index (κ2) is 7.04. The van der Waals surface area contributed by atoms with Gasteiger partial charge in [0.15, 0.2) is 0 Å². The first-order valence-electron chi connectivity index (χ1n) is 9.90. The van der Waals surface area contributed by atoms with Crippen LogP contribution < -0.4 is 0 Å². The van der Waals surface area contributed by atoms with E-state index in [1.165, 1.54) is 6.07 Å². The van der Waals surface area contributed by atoms with Gasteiger partial charge in [0, 0.05) is 36.1 Å². The fraction of sp³-hybridized carbons (Fsp3) is 0.524. The third-order valence-corrected chi connectivity index (χ3v) is 5.94. The molecule has 0 radical (unpaired) electrons. The van der Waals surface area contributed by atoms with E-state index in [4.69, 9.17) is 14.5 Å². The summed E-state index contributed by atoms with van der Waals surface area (Å²) in [4.78, 5) is 9.39. The Labute approximate surface area is 161 Å². The van der Waals surface area contributed by atoms with E-state index in [2.05, 4.69) is 16.5 Å². The molecule has 1 aromatic carbocycles. The van der Waals surface area contributed by atoms with Crippen molar-refractivity contribution >= 4 is 21.9 Å². The van der Waals surface area contributed by atoms with E-state index >= 15 is 0 Å². The summed E-state index contributed by atoms with van der Waals surface area (Å²) < 4.78 is 40.4. The number of hydrogen-bond donors (Lipinski definition) is 0. The van der Waals surface area contributed by atoms with Crippen LogP contribution in [-0.2, 0) is 9.47 Å². The predicted octanol–water partition coefficient (Wildman–Crippen LogP) is 4.77. The average molecular weight is 387 g/mol. The molecule has 148 valence electrons. The molecule has 0 spiro atoms. The van der Waals surface area contributed by atoms with Gasteiger partial charge in [-0.2, -0.15) is 0 Å². The third-order valence-electron chi connectivity index (χ3n) is 5.94.